The van der Waals surface area contributed by atoms with E-state index in [-0.39, 0.29) is 61.6 Å². The number of amides is 7. The van der Waals surface area contributed by atoms with Gasteiger partial charge in [0.05, 0.1) is 82.9 Å². The van der Waals surface area contributed by atoms with Crippen molar-refractivity contribution >= 4 is 63.6 Å². The minimum absolute atomic E-state index is 0.0365. The first kappa shape index (κ1) is 51.2. The van der Waals surface area contributed by atoms with E-state index in [0.29, 0.717) is 107 Å². The summed E-state index contributed by atoms with van der Waals surface area (Å²) in [6.45, 7) is 3.78. The zero-order valence-corrected chi connectivity index (χ0v) is 38.8. The van der Waals surface area contributed by atoms with Crippen molar-refractivity contribution < 1.29 is 71.1 Å². The van der Waals surface area contributed by atoms with Crippen molar-refractivity contribution in [3.05, 3.63) is 94.7 Å². The van der Waals surface area contributed by atoms with Gasteiger partial charge in [-0.25, -0.2) is 8.78 Å². The molecule has 2 saturated heterocycles. The van der Waals surface area contributed by atoms with Crippen molar-refractivity contribution in [1.29, 1.82) is 0 Å². The third-order valence-electron chi connectivity index (χ3n) is 12.0. The molecule has 0 radical (unpaired) electrons. The summed E-state index contributed by atoms with van der Waals surface area (Å²) < 4.78 is 55.1. The van der Waals surface area contributed by atoms with Crippen molar-refractivity contribution in [1.82, 2.24) is 25.4 Å². The molecule has 0 aliphatic carbocycles. The second-order valence-electron chi connectivity index (χ2n) is 16.8. The first-order valence-electron chi connectivity index (χ1n) is 22.8. The number of hydrogen-bond acceptors (Lipinski definition) is 14. The first-order valence-corrected chi connectivity index (χ1v) is 22.8. The van der Waals surface area contributed by atoms with Crippen molar-refractivity contribution in [3.8, 4) is 0 Å². The molecular weight excluding hydrogens is 921 g/mol. The number of aromatic amines is 1. The third-order valence-corrected chi connectivity index (χ3v) is 12.0. The van der Waals surface area contributed by atoms with Gasteiger partial charge in [-0.1, -0.05) is 6.07 Å². The summed E-state index contributed by atoms with van der Waals surface area (Å²) in [5.74, 6) is -5.98. The van der Waals surface area contributed by atoms with Crippen LogP contribution < -0.4 is 20.4 Å². The van der Waals surface area contributed by atoms with Gasteiger partial charge in [0, 0.05) is 75.8 Å². The lowest BCUT2D eigenvalue weighted by molar-refractivity contribution is -0.149. The number of H-pyrrole nitrogens is 1. The molecule has 70 heavy (non-hydrogen) atoms. The Hall–Kier alpha value is -6.69. The van der Waals surface area contributed by atoms with Gasteiger partial charge in [-0.15, -0.1) is 0 Å². The van der Waals surface area contributed by atoms with E-state index in [9.17, 15) is 47.4 Å². The average molecular weight is 976 g/mol. The predicted octanol–water partition coefficient (Wildman–Crippen LogP) is 1.92. The van der Waals surface area contributed by atoms with Crippen LogP contribution in [0.2, 0.25) is 0 Å². The molecule has 22 heteroatoms. The number of aromatic nitrogens is 1. The van der Waals surface area contributed by atoms with Gasteiger partial charge in [0.2, 0.25) is 17.4 Å². The van der Waals surface area contributed by atoms with Crippen LogP contribution in [-0.4, -0.2) is 173 Å². The molecule has 0 saturated carbocycles. The number of imide groups is 2. The lowest BCUT2D eigenvalue weighted by Crippen LogP contribution is -2.54. The Kier molecular flexibility index (Phi) is 17.0. The van der Waals surface area contributed by atoms with Crippen LogP contribution in [-0.2, 0) is 49.4 Å². The van der Waals surface area contributed by atoms with Gasteiger partial charge in [-0.3, -0.25) is 43.8 Å². The summed E-state index contributed by atoms with van der Waals surface area (Å²) in [5.41, 5.74) is 0.0783. The molecule has 3 aromatic carbocycles. The number of nitrogens with zero attached hydrogens (tertiary/aromatic N) is 4. The van der Waals surface area contributed by atoms with Crippen molar-refractivity contribution in [2.24, 2.45) is 0 Å². The molecule has 0 spiro atoms. The number of halogens is 2. The van der Waals surface area contributed by atoms with Gasteiger partial charge in [0.15, 0.2) is 0 Å². The van der Waals surface area contributed by atoms with Gasteiger partial charge >= 0.3 is 0 Å². The van der Waals surface area contributed by atoms with E-state index in [4.69, 9.17) is 23.7 Å². The number of aliphatic hydroxyl groups is 1. The lowest BCUT2D eigenvalue weighted by Gasteiger charge is -2.28. The molecular formula is C48H55F2N7O13. The molecule has 3 aliphatic rings. The second-order valence-corrected chi connectivity index (χ2v) is 16.8. The van der Waals surface area contributed by atoms with Crippen LogP contribution in [0, 0.1) is 11.6 Å². The molecule has 374 valence electrons. The topological polar surface area (TPSA) is 239 Å². The van der Waals surface area contributed by atoms with Gasteiger partial charge in [-0.05, 0) is 60.5 Å². The molecule has 3 aliphatic heterocycles. The number of ether oxygens (including phenoxy) is 5. The summed E-state index contributed by atoms with van der Waals surface area (Å²) in [4.78, 5) is 98.5. The van der Waals surface area contributed by atoms with Crippen molar-refractivity contribution in [2.45, 2.75) is 37.5 Å². The lowest BCUT2D eigenvalue weighted by atomic mass is 10.0. The molecule has 7 amide bonds. The molecule has 7 rings (SSSR count). The molecule has 1 aromatic heterocycles. The molecule has 2 atom stereocenters. The van der Waals surface area contributed by atoms with E-state index >= 15 is 0 Å². The van der Waals surface area contributed by atoms with E-state index in [2.05, 4.69) is 15.6 Å². The zero-order chi connectivity index (χ0) is 50.0. The fourth-order valence-electron chi connectivity index (χ4n) is 8.23. The number of carbonyl (C=O) groups is 7. The van der Waals surface area contributed by atoms with Crippen LogP contribution in [0.5, 0.6) is 0 Å². The average Bonchev–Trinajstić information content (AvgIpc) is 3.98. The SMILES string of the molecule is CN(CCOCCOCCOCCOCCOCCN(C)c1cccc2c1C(=O)N(C1CCC(=O)NC1=O)C2=O)C(=O)c1cc2cc(N3CC[C@](O)(C(=O)NCc4cc(F)cc(F)c4)C3=O)ccc2[nH]1. The standard InChI is InChI=1S/C48H55F2N7O13/c1-54(38-5-3-4-35-41(38)45(62)57(43(35)60)39-8-9-40(58)53-42(39)59)12-14-66-16-18-68-20-22-70-23-21-69-19-17-67-15-13-55(2)44(61)37-27-31-26-34(6-7-36(31)52-37)56-11-10-48(65,47(56)64)46(63)51-29-30-24-32(49)28-33(50)25-30/h3-7,24-28,39,52,65H,8-23,29H2,1-2H3,(H,51,63)(H,53,58,59)/t39?,48-/m0/s1. The highest BCUT2D eigenvalue weighted by molar-refractivity contribution is 6.25. The van der Waals surface area contributed by atoms with Crippen LogP contribution in [0.3, 0.4) is 0 Å². The summed E-state index contributed by atoms with van der Waals surface area (Å²) >= 11 is 0. The fraction of sp³-hybridized carbons (Fsp3) is 0.438. The van der Waals surface area contributed by atoms with E-state index in [1.807, 2.05) is 0 Å². The second kappa shape index (κ2) is 23.3. The van der Waals surface area contributed by atoms with Gasteiger partial charge in [-0.2, -0.15) is 0 Å². The minimum Gasteiger partial charge on any atom is -0.377 e. The molecule has 1 unspecified atom stereocenters. The molecule has 4 heterocycles. The number of likely N-dealkylation sites (N-methyl/N-ethyl adjacent to an activating group) is 2. The van der Waals surface area contributed by atoms with Crippen LogP contribution in [0.4, 0.5) is 20.2 Å². The van der Waals surface area contributed by atoms with Crippen LogP contribution in [0.1, 0.15) is 56.0 Å². The summed E-state index contributed by atoms with van der Waals surface area (Å²) in [6, 6.07) is 13.3. The first-order chi connectivity index (χ1) is 33.7. The quantitative estimate of drug-likeness (QED) is 0.0422. The highest BCUT2D eigenvalue weighted by Crippen LogP contribution is 2.34. The van der Waals surface area contributed by atoms with Gasteiger partial charge in [0.1, 0.15) is 23.4 Å². The van der Waals surface area contributed by atoms with Crippen molar-refractivity contribution in [2.75, 3.05) is 110 Å². The Morgan fingerprint density at radius 2 is 1.43 bits per heavy atom. The molecule has 4 N–H and O–H groups in total. The normalized spacial score (nSPS) is 18.0. The van der Waals surface area contributed by atoms with E-state index < -0.39 is 58.7 Å². The number of hydrogen-bond donors (Lipinski definition) is 4. The summed E-state index contributed by atoms with van der Waals surface area (Å²) in [5, 5.41) is 16.3. The highest BCUT2D eigenvalue weighted by Gasteiger charge is 2.52. The maximum absolute atomic E-state index is 13.6. The maximum Gasteiger partial charge on any atom is 0.270 e. The summed E-state index contributed by atoms with van der Waals surface area (Å²) in [6.07, 6.45) is -0.0740. The number of piperidine rings is 1. The van der Waals surface area contributed by atoms with E-state index in [0.717, 1.165) is 17.0 Å². The highest BCUT2D eigenvalue weighted by atomic mass is 19.1. The zero-order valence-electron chi connectivity index (χ0n) is 38.8. The van der Waals surface area contributed by atoms with Crippen LogP contribution in [0.15, 0.2) is 60.7 Å². The minimum atomic E-state index is -2.37. The molecule has 20 nitrogen and oxygen atoms in total. The Morgan fingerprint density at radius 3 is 2.07 bits per heavy atom. The van der Waals surface area contributed by atoms with E-state index in [1.165, 1.54) is 9.80 Å². The Morgan fingerprint density at radius 1 is 0.800 bits per heavy atom. The largest absolute Gasteiger partial charge is 0.377 e. The number of carbonyl (C=O) groups excluding carboxylic acids is 7. The Labute approximate surface area is 401 Å². The maximum atomic E-state index is 13.6. The number of anilines is 2. The van der Waals surface area contributed by atoms with Gasteiger partial charge in [0.25, 0.3) is 29.5 Å². The van der Waals surface area contributed by atoms with Crippen LogP contribution in [0.25, 0.3) is 10.9 Å². The van der Waals surface area contributed by atoms with Gasteiger partial charge < -0.3 is 53.8 Å². The predicted molar refractivity (Wildman–Crippen MR) is 246 cm³/mol. The number of rotatable bonds is 25. The molecule has 0 bridgehead atoms. The molecule has 2 fully saturated rings. The smallest absolute Gasteiger partial charge is 0.270 e. The van der Waals surface area contributed by atoms with Crippen LogP contribution >= 0.6 is 0 Å². The number of nitrogens with one attached hydrogen (secondary N) is 3. The number of fused-ring (bicyclic) bond motifs is 2. The number of benzene rings is 3. The Balaban J connectivity index is 0.702. The third kappa shape index (κ3) is 12.0. The van der Waals surface area contributed by atoms with E-state index in [1.54, 1.807) is 61.5 Å². The summed E-state index contributed by atoms with van der Waals surface area (Å²) in [7, 11) is 3.42. The Bertz CT molecular complexity index is 2590. The van der Waals surface area contributed by atoms with Crippen molar-refractivity contribution in [3.63, 3.8) is 0 Å². The fourth-order valence-corrected chi connectivity index (χ4v) is 8.23. The molecule has 4 aromatic rings. The monoisotopic (exact) mass is 975 g/mol.